The van der Waals surface area contributed by atoms with E-state index in [1.807, 2.05) is 48.6 Å². The van der Waals surface area contributed by atoms with Crippen LogP contribution in [0.2, 0.25) is 0 Å². The molecule has 4 rings (SSSR count). The number of anilines is 1. The van der Waals surface area contributed by atoms with Crippen molar-refractivity contribution in [2.24, 2.45) is 7.05 Å². The number of carbonyl (C=O) groups is 2. The number of hydrogen-bond donors (Lipinski definition) is 0. The van der Waals surface area contributed by atoms with E-state index >= 15 is 0 Å². The lowest BCUT2D eigenvalue weighted by molar-refractivity contribution is -0.132. The van der Waals surface area contributed by atoms with Gasteiger partial charge in [0.2, 0.25) is 5.91 Å². The van der Waals surface area contributed by atoms with E-state index in [0.717, 1.165) is 18.4 Å². The Morgan fingerprint density at radius 1 is 1.36 bits per heavy atom. The molecule has 0 aliphatic carbocycles. The number of aromatic nitrogens is 2. The lowest BCUT2D eigenvalue weighted by Gasteiger charge is -2.31. The van der Waals surface area contributed by atoms with Crippen LogP contribution in [0.25, 0.3) is 0 Å². The molecule has 0 radical (unpaired) electrons. The highest BCUT2D eigenvalue weighted by molar-refractivity contribution is 6.02. The molecule has 130 valence electrons. The summed E-state index contributed by atoms with van der Waals surface area (Å²) in [5.74, 6) is 0.403. The van der Waals surface area contributed by atoms with Crippen molar-refractivity contribution >= 4 is 17.5 Å². The molecule has 0 N–H and O–H groups in total. The number of amides is 2. The molecule has 1 atom stereocenters. The van der Waals surface area contributed by atoms with Gasteiger partial charge >= 0.3 is 0 Å². The Balaban J connectivity index is 1.54. The minimum Gasteiger partial charge on any atom is -0.482 e. The molecule has 1 aromatic heterocycles. The number of hydrogen-bond acceptors (Lipinski definition) is 4. The predicted octanol–water partition coefficient (Wildman–Crippen LogP) is 1.51. The average molecular weight is 340 g/mol. The Morgan fingerprint density at radius 2 is 2.20 bits per heavy atom. The van der Waals surface area contributed by atoms with Crippen LogP contribution in [0.1, 0.15) is 24.4 Å². The SMILES string of the molecule is Cn1cc(C2CCCN2C(=O)CN2C(=O)COc3ccccc32)cn1. The second-order valence-electron chi connectivity index (χ2n) is 6.43. The third kappa shape index (κ3) is 2.86. The summed E-state index contributed by atoms with van der Waals surface area (Å²) in [5.41, 5.74) is 1.70. The summed E-state index contributed by atoms with van der Waals surface area (Å²) < 4.78 is 7.19. The summed E-state index contributed by atoms with van der Waals surface area (Å²) >= 11 is 0. The van der Waals surface area contributed by atoms with E-state index in [1.54, 1.807) is 4.68 Å². The van der Waals surface area contributed by atoms with Crippen molar-refractivity contribution < 1.29 is 14.3 Å². The van der Waals surface area contributed by atoms with Crippen molar-refractivity contribution in [1.82, 2.24) is 14.7 Å². The first-order chi connectivity index (χ1) is 12.1. The number of rotatable bonds is 3. The van der Waals surface area contributed by atoms with Crippen LogP contribution in [-0.2, 0) is 16.6 Å². The fraction of sp³-hybridized carbons (Fsp3) is 0.389. The third-order valence-corrected chi connectivity index (χ3v) is 4.78. The zero-order valence-electron chi connectivity index (χ0n) is 14.1. The monoisotopic (exact) mass is 340 g/mol. The van der Waals surface area contributed by atoms with Gasteiger partial charge in [0.25, 0.3) is 5.91 Å². The lowest BCUT2D eigenvalue weighted by atomic mass is 10.1. The first kappa shape index (κ1) is 15.7. The van der Waals surface area contributed by atoms with Crippen LogP contribution in [-0.4, -0.2) is 46.2 Å². The van der Waals surface area contributed by atoms with Gasteiger partial charge in [0.05, 0.1) is 17.9 Å². The maximum Gasteiger partial charge on any atom is 0.265 e. The smallest absolute Gasteiger partial charge is 0.265 e. The molecule has 0 spiro atoms. The van der Waals surface area contributed by atoms with Gasteiger partial charge in [0, 0.05) is 25.4 Å². The van der Waals surface area contributed by atoms with E-state index in [-0.39, 0.29) is 31.0 Å². The van der Waals surface area contributed by atoms with Crippen LogP contribution in [0.15, 0.2) is 36.7 Å². The minimum absolute atomic E-state index is 0.0314. The number of fused-ring (bicyclic) bond motifs is 1. The summed E-state index contributed by atoms with van der Waals surface area (Å²) in [7, 11) is 1.87. The molecule has 7 nitrogen and oxygen atoms in total. The quantitative estimate of drug-likeness (QED) is 0.849. The molecule has 2 aromatic rings. The highest BCUT2D eigenvalue weighted by Gasteiger charge is 2.34. The summed E-state index contributed by atoms with van der Waals surface area (Å²) in [6.45, 7) is 0.713. The second-order valence-corrected chi connectivity index (χ2v) is 6.43. The number of likely N-dealkylation sites (tertiary alicyclic amines) is 1. The molecule has 1 aromatic carbocycles. The summed E-state index contributed by atoms with van der Waals surface area (Å²) in [6.07, 6.45) is 5.64. The molecule has 2 aliphatic rings. The summed E-state index contributed by atoms with van der Waals surface area (Å²) in [5, 5.41) is 4.21. The van der Waals surface area contributed by atoms with Gasteiger partial charge in [-0.25, -0.2) is 0 Å². The van der Waals surface area contributed by atoms with Crippen molar-refractivity contribution in [2.75, 3.05) is 24.6 Å². The Bertz CT molecular complexity index is 816. The van der Waals surface area contributed by atoms with Crippen molar-refractivity contribution in [2.45, 2.75) is 18.9 Å². The predicted molar refractivity (Wildman–Crippen MR) is 91.2 cm³/mol. The van der Waals surface area contributed by atoms with E-state index in [0.29, 0.717) is 18.0 Å². The van der Waals surface area contributed by atoms with Gasteiger partial charge in [-0.05, 0) is 25.0 Å². The molecule has 2 amide bonds. The van der Waals surface area contributed by atoms with Gasteiger partial charge in [-0.15, -0.1) is 0 Å². The van der Waals surface area contributed by atoms with Crippen LogP contribution >= 0.6 is 0 Å². The van der Waals surface area contributed by atoms with Crippen LogP contribution in [0.5, 0.6) is 5.75 Å². The van der Waals surface area contributed by atoms with E-state index in [1.165, 1.54) is 4.90 Å². The molecular weight excluding hydrogens is 320 g/mol. The van der Waals surface area contributed by atoms with E-state index in [4.69, 9.17) is 4.74 Å². The van der Waals surface area contributed by atoms with Gasteiger partial charge < -0.3 is 9.64 Å². The van der Waals surface area contributed by atoms with Crippen molar-refractivity contribution in [3.63, 3.8) is 0 Å². The molecular formula is C18H20N4O3. The third-order valence-electron chi connectivity index (χ3n) is 4.78. The van der Waals surface area contributed by atoms with Crippen molar-refractivity contribution in [1.29, 1.82) is 0 Å². The van der Waals surface area contributed by atoms with Crippen molar-refractivity contribution in [3.8, 4) is 5.75 Å². The van der Waals surface area contributed by atoms with E-state index in [2.05, 4.69) is 5.10 Å². The summed E-state index contributed by atoms with van der Waals surface area (Å²) in [6, 6.07) is 7.35. The molecule has 0 bridgehead atoms. The standard InChI is InChI=1S/C18H20N4O3/c1-20-10-13(9-19-20)14-6-4-8-21(14)17(23)11-22-15-5-2-3-7-16(15)25-12-18(22)24/h2-3,5,7,9-10,14H,4,6,8,11-12H2,1H3. The number of para-hydroxylation sites is 2. The Kier molecular flexibility index (Phi) is 3.91. The molecule has 7 heteroatoms. The number of ether oxygens (including phenoxy) is 1. The van der Waals surface area contributed by atoms with Gasteiger partial charge in [-0.2, -0.15) is 5.10 Å². The Hall–Kier alpha value is -2.83. The Morgan fingerprint density at radius 3 is 3.00 bits per heavy atom. The number of benzene rings is 1. The maximum atomic E-state index is 12.9. The van der Waals surface area contributed by atoms with Crippen LogP contribution in [0, 0.1) is 0 Å². The zero-order valence-corrected chi connectivity index (χ0v) is 14.1. The van der Waals surface area contributed by atoms with Crippen LogP contribution < -0.4 is 9.64 Å². The van der Waals surface area contributed by atoms with Crippen LogP contribution in [0.4, 0.5) is 5.69 Å². The van der Waals surface area contributed by atoms with Gasteiger partial charge in [0.15, 0.2) is 6.61 Å². The molecule has 1 unspecified atom stereocenters. The normalized spacial score (nSPS) is 19.7. The van der Waals surface area contributed by atoms with Crippen molar-refractivity contribution in [3.05, 3.63) is 42.2 Å². The topological polar surface area (TPSA) is 67.7 Å². The van der Waals surface area contributed by atoms with Crippen LogP contribution in [0.3, 0.4) is 0 Å². The number of carbonyl (C=O) groups excluding carboxylic acids is 2. The molecule has 1 saturated heterocycles. The first-order valence-corrected chi connectivity index (χ1v) is 8.43. The second kappa shape index (κ2) is 6.23. The number of aryl methyl sites for hydroxylation is 1. The summed E-state index contributed by atoms with van der Waals surface area (Å²) in [4.78, 5) is 28.6. The average Bonchev–Trinajstić information content (AvgIpc) is 3.26. The zero-order chi connectivity index (χ0) is 17.4. The minimum atomic E-state index is -0.191. The molecule has 25 heavy (non-hydrogen) atoms. The highest BCUT2D eigenvalue weighted by Crippen LogP contribution is 2.34. The largest absolute Gasteiger partial charge is 0.482 e. The lowest BCUT2D eigenvalue weighted by Crippen LogP contribution is -2.46. The van der Waals surface area contributed by atoms with E-state index < -0.39 is 0 Å². The molecule has 3 heterocycles. The van der Waals surface area contributed by atoms with Gasteiger partial charge in [-0.1, -0.05) is 12.1 Å². The van der Waals surface area contributed by atoms with E-state index in [9.17, 15) is 9.59 Å². The fourth-order valence-corrected chi connectivity index (χ4v) is 3.58. The highest BCUT2D eigenvalue weighted by atomic mass is 16.5. The molecule has 0 saturated carbocycles. The molecule has 1 fully saturated rings. The van der Waals surface area contributed by atoms with Gasteiger partial charge in [-0.3, -0.25) is 19.2 Å². The van der Waals surface area contributed by atoms with Gasteiger partial charge in [0.1, 0.15) is 12.3 Å². The molecule has 2 aliphatic heterocycles. The first-order valence-electron chi connectivity index (χ1n) is 8.43. The fourth-order valence-electron chi connectivity index (χ4n) is 3.58. The number of nitrogens with zero attached hydrogens (tertiary/aromatic N) is 4. The Labute approximate surface area is 145 Å². The maximum absolute atomic E-state index is 12.9.